The number of hydrogen-bond acceptors (Lipinski definition) is 3. The van der Waals surface area contributed by atoms with Gasteiger partial charge in [-0.3, -0.25) is 0 Å². The van der Waals surface area contributed by atoms with Gasteiger partial charge in [-0.2, -0.15) is 0 Å². The van der Waals surface area contributed by atoms with Crippen LogP contribution in [0.3, 0.4) is 0 Å². The van der Waals surface area contributed by atoms with Crippen LogP contribution in [0.25, 0.3) is 0 Å². The molecule has 0 atom stereocenters. The topological polar surface area (TPSA) is 38.5 Å². The van der Waals surface area contributed by atoms with E-state index in [9.17, 15) is 0 Å². The number of hydrogen-bond donors (Lipinski definition) is 1. The van der Waals surface area contributed by atoms with Crippen LogP contribution < -0.4 is 5.73 Å². The van der Waals surface area contributed by atoms with Crippen molar-refractivity contribution in [1.29, 1.82) is 0 Å². The lowest BCUT2D eigenvalue weighted by atomic mass is 9.79. The molecule has 2 N–H and O–H groups in total. The Morgan fingerprint density at radius 2 is 1.88 bits per heavy atom. The molecule has 2 rings (SSSR count). The maximum Gasteiger partial charge on any atom is 0.0472 e. The Balaban J connectivity index is 1.94. The van der Waals surface area contributed by atoms with E-state index in [-0.39, 0.29) is 0 Å². The van der Waals surface area contributed by atoms with Gasteiger partial charge in [-0.25, -0.2) is 0 Å². The Bertz CT molecular complexity index is 220. The molecule has 1 saturated carbocycles. The zero-order chi connectivity index (χ0) is 12.1. The molecule has 1 aliphatic heterocycles. The average molecular weight is 240 g/mol. The third kappa shape index (κ3) is 3.21. The largest absolute Gasteiger partial charge is 0.381 e. The molecule has 17 heavy (non-hydrogen) atoms. The summed E-state index contributed by atoms with van der Waals surface area (Å²) in [6, 6.07) is 0.825. The Morgan fingerprint density at radius 1 is 1.24 bits per heavy atom. The Kier molecular flexibility index (Phi) is 4.83. The van der Waals surface area contributed by atoms with Gasteiger partial charge in [-0.1, -0.05) is 19.8 Å². The minimum Gasteiger partial charge on any atom is -0.381 e. The summed E-state index contributed by atoms with van der Waals surface area (Å²) in [5, 5.41) is 0. The predicted octanol–water partition coefficient (Wildman–Crippen LogP) is 2.01. The Labute approximate surface area is 106 Å². The first-order chi connectivity index (χ1) is 8.29. The van der Waals surface area contributed by atoms with Crippen LogP contribution in [-0.2, 0) is 4.74 Å². The quantitative estimate of drug-likeness (QED) is 0.799. The molecule has 0 aromatic heterocycles. The maximum absolute atomic E-state index is 6.06. The fraction of sp³-hybridized carbons (Fsp3) is 1.00. The average Bonchev–Trinajstić information content (AvgIpc) is 2.91. The Morgan fingerprint density at radius 3 is 2.41 bits per heavy atom. The van der Waals surface area contributed by atoms with Crippen molar-refractivity contribution in [1.82, 2.24) is 4.90 Å². The molecular weight excluding hydrogens is 212 g/mol. The highest BCUT2D eigenvalue weighted by atomic mass is 16.5. The van der Waals surface area contributed by atoms with Crippen molar-refractivity contribution in [2.24, 2.45) is 11.1 Å². The summed E-state index contributed by atoms with van der Waals surface area (Å²) in [6.45, 7) is 7.28. The van der Waals surface area contributed by atoms with Crippen molar-refractivity contribution in [3.63, 3.8) is 0 Å². The third-order valence-corrected chi connectivity index (χ3v) is 4.77. The summed E-state index contributed by atoms with van der Waals surface area (Å²) < 4.78 is 5.49. The van der Waals surface area contributed by atoms with Crippen LogP contribution in [-0.4, -0.2) is 43.8 Å². The maximum atomic E-state index is 6.06. The summed E-state index contributed by atoms with van der Waals surface area (Å²) in [7, 11) is 0. The highest BCUT2D eigenvalue weighted by molar-refractivity contribution is 4.88. The van der Waals surface area contributed by atoms with E-state index in [0.29, 0.717) is 5.41 Å². The van der Waals surface area contributed by atoms with E-state index in [1.54, 1.807) is 0 Å². The first kappa shape index (κ1) is 13.3. The molecule has 100 valence electrons. The van der Waals surface area contributed by atoms with E-state index < -0.39 is 0 Å². The van der Waals surface area contributed by atoms with Crippen molar-refractivity contribution < 1.29 is 4.74 Å². The molecule has 3 nitrogen and oxygen atoms in total. The van der Waals surface area contributed by atoms with Gasteiger partial charge in [0.2, 0.25) is 0 Å². The minimum absolute atomic E-state index is 0.330. The second-order valence-electron chi connectivity index (χ2n) is 5.82. The van der Waals surface area contributed by atoms with Gasteiger partial charge in [0, 0.05) is 25.8 Å². The lowest BCUT2D eigenvalue weighted by Gasteiger charge is -2.42. The van der Waals surface area contributed by atoms with E-state index >= 15 is 0 Å². The molecule has 0 aromatic rings. The predicted molar refractivity (Wildman–Crippen MR) is 71.0 cm³/mol. The number of nitrogens with two attached hydrogens (primary N) is 1. The molecule has 1 saturated heterocycles. The van der Waals surface area contributed by atoms with Crippen molar-refractivity contribution in [2.45, 2.75) is 51.5 Å². The Hall–Kier alpha value is -0.120. The molecule has 1 aliphatic carbocycles. The first-order valence-electron chi connectivity index (χ1n) is 7.31. The van der Waals surface area contributed by atoms with Gasteiger partial charge in [-0.15, -0.1) is 0 Å². The van der Waals surface area contributed by atoms with Crippen LogP contribution in [0.15, 0.2) is 0 Å². The molecular formula is C14H28N2O. The van der Waals surface area contributed by atoms with E-state index in [2.05, 4.69) is 11.8 Å². The molecule has 3 heteroatoms. The molecule has 0 unspecified atom stereocenters. The van der Waals surface area contributed by atoms with Crippen molar-refractivity contribution in [2.75, 3.05) is 32.8 Å². The smallest absolute Gasteiger partial charge is 0.0472 e. The van der Waals surface area contributed by atoms with Gasteiger partial charge in [0.1, 0.15) is 0 Å². The fourth-order valence-corrected chi connectivity index (χ4v) is 3.43. The normalized spacial score (nSPS) is 25.6. The molecule has 0 amide bonds. The molecule has 2 fully saturated rings. The van der Waals surface area contributed by atoms with E-state index in [1.807, 2.05) is 0 Å². The summed E-state index contributed by atoms with van der Waals surface area (Å²) in [6.07, 6.45) is 7.91. The SMILES string of the molecule is CCN(CC1(CN)CCOCC1)C1CCCC1. The number of rotatable bonds is 5. The van der Waals surface area contributed by atoms with Crippen molar-refractivity contribution >= 4 is 0 Å². The van der Waals surface area contributed by atoms with Crippen LogP contribution in [0.5, 0.6) is 0 Å². The lowest BCUT2D eigenvalue weighted by Crippen LogP contribution is -2.48. The molecule has 0 bridgehead atoms. The summed E-state index contributed by atoms with van der Waals surface area (Å²) in [5.41, 5.74) is 6.39. The monoisotopic (exact) mass is 240 g/mol. The van der Waals surface area contributed by atoms with Gasteiger partial charge >= 0.3 is 0 Å². The zero-order valence-electron chi connectivity index (χ0n) is 11.3. The molecule has 0 radical (unpaired) electrons. The molecule has 2 aliphatic rings. The number of nitrogens with zero attached hydrogens (tertiary/aromatic N) is 1. The van der Waals surface area contributed by atoms with E-state index in [0.717, 1.165) is 38.6 Å². The van der Waals surface area contributed by atoms with Gasteiger partial charge in [0.25, 0.3) is 0 Å². The van der Waals surface area contributed by atoms with Crippen LogP contribution in [0.1, 0.15) is 45.4 Å². The van der Waals surface area contributed by atoms with E-state index in [4.69, 9.17) is 10.5 Å². The summed E-state index contributed by atoms with van der Waals surface area (Å²) >= 11 is 0. The van der Waals surface area contributed by atoms with Crippen LogP contribution in [0, 0.1) is 5.41 Å². The van der Waals surface area contributed by atoms with Gasteiger partial charge in [0.05, 0.1) is 0 Å². The molecule has 0 aromatic carbocycles. The standard InChI is InChI=1S/C14H28N2O/c1-2-16(13-5-3-4-6-13)12-14(11-15)7-9-17-10-8-14/h13H,2-12,15H2,1H3. The van der Waals surface area contributed by atoms with Gasteiger partial charge < -0.3 is 15.4 Å². The summed E-state index contributed by atoms with van der Waals surface area (Å²) in [5.74, 6) is 0. The minimum atomic E-state index is 0.330. The first-order valence-corrected chi connectivity index (χ1v) is 7.31. The third-order valence-electron chi connectivity index (χ3n) is 4.77. The van der Waals surface area contributed by atoms with Crippen LogP contribution >= 0.6 is 0 Å². The molecule has 1 heterocycles. The van der Waals surface area contributed by atoms with Crippen LogP contribution in [0.4, 0.5) is 0 Å². The van der Waals surface area contributed by atoms with Crippen LogP contribution in [0.2, 0.25) is 0 Å². The molecule has 0 spiro atoms. The highest BCUT2D eigenvalue weighted by Gasteiger charge is 2.35. The summed E-state index contributed by atoms with van der Waals surface area (Å²) in [4.78, 5) is 2.69. The van der Waals surface area contributed by atoms with Crippen molar-refractivity contribution in [3.8, 4) is 0 Å². The van der Waals surface area contributed by atoms with Crippen molar-refractivity contribution in [3.05, 3.63) is 0 Å². The number of ether oxygens (including phenoxy) is 1. The fourth-order valence-electron chi connectivity index (χ4n) is 3.43. The highest BCUT2D eigenvalue weighted by Crippen LogP contribution is 2.33. The second kappa shape index (κ2) is 6.17. The zero-order valence-corrected chi connectivity index (χ0v) is 11.3. The van der Waals surface area contributed by atoms with Gasteiger partial charge in [0.15, 0.2) is 0 Å². The lowest BCUT2D eigenvalue weighted by molar-refractivity contribution is -0.00633. The van der Waals surface area contributed by atoms with E-state index in [1.165, 1.54) is 38.8 Å². The van der Waals surface area contributed by atoms with Gasteiger partial charge in [-0.05, 0) is 44.2 Å². The second-order valence-corrected chi connectivity index (χ2v) is 5.82.